The van der Waals surface area contributed by atoms with Gasteiger partial charge >= 0.3 is 0 Å². The lowest BCUT2D eigenvalue weighted by Crippen LogP contribution is -2.49. The lowest BCUT2D eigenvalue weighted by Gasteiger charge is -2.28. The Hall–Kier alpha value is -0.140. The smallest absolute Gasteiger partial charge is 0.250 e. The third kappa shape index (κ3) is 4.16. The van der Waals surface area contributed by atoms with Gasteiger partial charge in [0, 0.05) is 12.1 Å². The van der Waals surface area contributed by atoms with Gasteiger partial charge in [-0.1, -0.05) is 37.3 Å². The van der Waals surface area contributed by atoms with Gasteiger partial charge < -0.3 is 5.73 Å². The molecule has 0 radical (unpaired) electrons. The maximum absolute atomic E-state index is 12.1. The minimum absolute atomic E-state index is 0.245. The van der Waals surface area contributed by atoms with Crippen molar-refractivity contribution in [2.45, 2.75) is 48.3 Å². The number of thiophene rings is 1. The number of nitrogens with two attached hydrogens (primary N) is 1. The molecule has 0 saturated heterocycles. The molecule has 1 aliphatic rings. The average Bonchev–Trinajstić information content (AvgIpc) is 2.68. The van der Waals surface area contributed by atoms with E-state index in [1.54, 1.807) is 6.07 Å². The zero-order valence-electron chi connectivity index (χ0n) is 10.7. The van der Waals surface area contributed by atoms with Gasteiger partial charge in [0.15, 0.2) is 0 Å². The van der Waals surface area contributed by atoms with Gasteiger partial charge in [-0.15, -0.1) is 11.3 Å². The van der Waals surface area contributed by atoms with Crippen molar-refractivity contribution in [3.05, 3.63) is 16.5 Å². The summed E-state index contributed by atoms with van der Waals surface area (Å²) in [7, 11) is -3.48. The summed E-state index contributed by atoms with van der Waals surface area (Å²) in [6.07, 6.45) is 6.27. The standard InChI is InChI=1S/C12H19ClN2O2S2/c13-10-5-6-11(18-10)19(16,17)15-9-12(14)7-3-1-2-4-8-12/h5-6,15H,1-4,7-9,14H2. The van der Waals surface area contributed by atoms with Crippen LogP contribution in [-0.2, 0) is 10.0 Å². The Morgan fingerprint density at radius 2 is 1.89 bits per heavy atom. The first-order valence-corrected chi connectivity index (χ1v) is 9.13. The zero-order chi connectivity index (χ0) is 13.9. The van der Waals surface area contributed by atoms with E-state index in [4.69, 9.17) is 17.3 Å². The molecule has 3 N–H and O–H groups in total. The molecule has 19 heavy (non-hydrogen) atoms. The molecule has 0 aliphatic heterocycles. The number of rotatable bonds is 4. The quantitative estimate of drug-likeness (QED) is 0.837. The third-order valence-corrected chi connectivity index (χ3v) is 6.65. The van der Waals surface area contributed by atoms with E-state index in [1.165, 1.54) is 18.9 Å². The van der Waals surface area contributed by atoms with Gasteiger partial charge in [0.05, 0.1) is 4.34 Å². The second kappa shape index (κ2) is 6.10. The molecule has 1 aromatic heterocycles. The molecule has 1 aliphatic carbocycles. The Kier molecular flexibility index (Phi) is 4.89. The molecular formula is C12H19ClN2O2S2. The van der Waals surface area contributed by atoms with Crippen molar-refractivity contribution in [2.75, 3.05) is 6.54 Å². The normalized spacial score (nSPS) is 20.1. The predicted octanol–water partition coefficient (Wildman–Crippen LogP) is 2.73. The summed E-state index contributed by atoms with van der Waals surface area (Å²) >= 11 is 6.82. The summed E-state index contributed by atoms with van der Waals surface area (Å²) in [5, 5.41) is 0. The maximum Gasteiger partial charge on any atom is 0.250 e. The molecule has 1 aromatic rings. The molecular weight excluding hydrogens is 304 g/mol. The van der Waals surface area contributed by atoms with E-state index in [0.717, 1.165) is 37.0 Å². The molecule has 4 nitrogen and oxygen atoms in total. The van der Waals surface area contributed by atoms with Gasteiger partial charge in [-0.2, -0.15) is 0 Å². The number of hydrogen-bond acceptors (Lipinski definition) is 4. The maximum atomic E-state index is 12.1. The van der Waals surface area contributed by atoms with Crippen molar-refractivity contribution in [1.29, 1.82) is 0 Å². The summed E-state index contributed by atoms with van der Waals surface area (Å²) in [6, 6.07) is 3.11. The summed E-state index contributed by atoms with van der Waals surface area (Å²) in [4.78, 5) is 0. The Bertz CT molecular complexity index is 520. The second-order valence-electron chi connectivity index (χ2n) is 5.16. The van der Waals surface area contributed by atoms with Crippen LogP contribution in [0.2, 0.25) is 4.34 Å². The number of nitrogens with one attached hydrogen (secondary N) is 1. The van der Waals surface area contributed by atoms with E-state index in [2.05, 4.69) is 4.72 Å². The van der Waals surface area contributed by atoms with E-state index in [9.17, 15) is 8.42 Å². The highest BCUT2D eigenvalue weighted by atomic mass is 35.5. The molecule has 0 atom stereocenters. The van der Waals surface area contributed by atoms with Gasteiger partial charge in [-0.25, -0.2) is 13.1 Å². The van der Waals surface area contributed by atoms with Crippen LogP contribution in [0, 0.1) is 0 Å². The number of hydrogen-bond donors (Lipinski definition) is 2. The van der Waals surface area contributed by atoms with Crippen LogP contribution in [0.4, 0.5) is 0 Å². The first-order chi connectivity index (χ1) is 8.91. The minimum Gasteiger partial charge on any atom is -0.324 e. The molecule has 0 bridgehead atoms. The predicted molar refractivity (Wildman–Crippen MR) is 79.1 cm³/mol. The zero-order valence-corrected chi connectivity index (χ0v) is 13.1. The Balaban J connectivity index is 2.01. The van der Waals surface area contributed by atoms with Crippen LogP contribution in [0.3, 0.4) is 0 Å². The Morgan fingerprint density at radius 1 is 1.26 bits per heavy atom. The van der Waals surface area contributed by atoms with Crippen molar-refractivity contribution in [3.63, 3.8) is 0 Å². The fourth-order valence-corrected chi connectivity index (χ4v) is 5.03. The van der Waals surface area contributed by atoms with Crippen LogP contribution in [-0.4, -0.2) is 20.5 Å². The number of halogens is 1. The van der Waals surface area contributed by atoms with Crippen LogP contribution >= 0.6 is 22.9 Å². The molecule has 1 heterocycles. The largest absolute Gasteiger partial charge is 0.324 e. The first-order valence-electron chi connectivity index (χ1n) is 6.45. The van der Waals surface area contributed by atoms with Crippen LogP contribution in [0.25, 0.3) is 0 Å². The molecule has 0 unspecified atom stereocenters. The van der Waals surface area contributed by atoms with Gasteiger partial charge in [0.25, 0.3) is 0 Å². The third-order valence-electron chi connectivity index (χ3n) is 3.53. The summed E-state index contributed by atoms with van der Waals surface area (Å²) < 4.78 is 27.5. The monoisotopic (exact) mass is 322 g/mol. The lowest BCUT2D eigenvalue weighted by molar-refractivity contribution is 0.369. The average molecular weight is 323 g/mol. The van der Waals surface area contributed by atoms with Crippen molar-refractivity contribution >= 4 is 33.0 Å². The van der Waals surface area contributed by atoms with Crippen molar-refractivity contribution < 1.29 is 8.42 Å². The van der Waals surface area contributed by atoms with E-state index >= 15 is 0 Å². The van der Waals surface area contributed by atoms with Crippen LogP contribution in [0.1, 0.15) is 38.5 Å². The molecule has 1 fully saturated rings. The fraction of sp³-hybridized carbons (Fsp3) is 0.667. The fourth-order valence-electron chi connectivity index (χ4n) is 2.36. The van der Waals surface area contributed by atoms with Crippen molar-refractivity contribution in [3.8, 4) is 0 Å². The van der Waals surface area contributed by atoms with E-state index in [0.29, 0.717) is 10.9 Å². The van der Waals surface area contributed by atoms with E-state index in [-0.39, 0.29) is 4.21 Å². The second-order valence-corrected chi connectivity index (χ2v) is 8.87. The summed E-state index contributed by atoms with van der Waals surface area (Å²) in [5.74, 6) is 0. The molecule has 1 saturated carbocycles. The molecule has 7 heteroatoms. The SMILES string of the molecule is NC1(CNS(=O)(=O)c2ccc(Cl)s2)CCCCCC1. The summed E-state index contributed by atoms with van der Waals surface area (Å²) in [6.45, 7) is 0.296. The van der Waals surface area contributed by atoms with Gasteiger partial charge in [0.2, 0.25) is 10.0 Å². The topological polar surface area (TPSA) is 72.2 Å². The highest BCUT2D eigenvalue weighted by Gasteiger charge is 2.28. The van der Waals surface area contributed by atoms with Gasteiger partial charge in [0.1, 0.15) is 4.21 Å². The Labute approximate surface area is 123 Å². The van der Waals surface area contributed by atoms with Crippen LogP contribution < -0.4 is 10.5 Å². The van der Waals surface area contributed by atoms with Crippen molar-refractivity contribution in [1.82, 2.24) is 4.72 Å². The van der Waals surface area contributed by atoms with Gasteiger partial charge in [-0.05, 0) is 25.0 Å². The van der Waals surface area contributed by atoms with Crippen LogP contribution in [0.5, 0.6) is 0 Å². The van der Waals surface area contributed by atoms with Gasteiger partial charge in [-0.3, -0.25) is 0 Å². The summed E-state index contributed by atoms with van der Waals surface area (Å²) in [5.41, 5.74) is 5.89. The number of sulfonamides is 1. The van der Waals surface area contributed by atoms with Crippen molar-refractivity contribution in [2.24, 2.45) is 5.73 Å². The van der Waals surface area contributed by atoms with E-state index < -0.39 is 15.6 Å². The first kappa shape index (κ1) is 15.3. The lowest BCUT2D eigenvalue weighted by atomic mass is 9.92. The minimum atomic E-state index is -3.48. The van der Waals surface area contributed by atoms with Crippen LogP contribution in [0.15, 0.2) is 16.3 Å². The molecule has 0 spiro atoms. The highest BCUT2D eigenvalue weighted by Crippen LogP contribution is 2.27. The Morgan fingerprint density at radius 3 is 2.42 bits per heavy atom. The molecule has 108 valence electrons. The van der Waals surface area contributed by atoms with E-state index in [1.807, 2.05) is 0 Å². The highest BCUT2D eigenvalue weighted by molar-refractivity contribution is 7.91. The molecule has 0 aromatic carbocycles. The molecule has 0 amide bonds. The molecule has 2 rings (SSSR count).